The van der Waals surface area contributed by atoms with Crippen LogP contribution in [-0.4, -0.2) is 30.4 Å². The monoisotopic (exact) mass is 408 g/mol. The average molecular weight is 408 g/mol. The predicted octanol–water partition coefficient (Wildman–Crippen LogP) is -1.78. The van der Waals surface area contributed by atoms with Crippen LogP contribution in [0.4, 0.5) is 0 Å². The number of carboxylic acids is 1. The van der Waals surface area contributed by atoms with E-state index < -0.39 is 23.3 Å². The molecule has 0 saturated heterocycles. The SMILES string of the molecule is Cc1ccccc1OOCC(O)COc1cccc2oc(C(=O)[O-])cc(=O)c12.[Na+]. The molecule has 29 heavy (non-hydrogen) atoms. The molecule has 9 heteroatoms. The van der Waals surface area contributed by atoms with Crippen LogP contribution >= 0.6 is 0 Å². The second kappa shape index (κ2) is 10.4. The van der Waals surface area contributed by atoms with Gasteiger partial charge in [-0.1, -0.05) is 24.3 Å². The molecule has 1 unspecified atom stereocenters. The van der Waals surface area contributed by atoms with Gasteiger partial charge < -0.3 is 29.0 Å². The van der Waals surface area contributed by atoms with Crippen molar-refractivity contribution in [1.29, 1.82) is 0 Å². The van der Waals surface area contributed by atoms with E-state index in [1.165, 1.54) is 18.2 Å². The number of aliphatic hydroxyl groups excluding tert-OH is 1. The zero-order valence-corrected chi connectivity index (χ0v) is 17.9. The van der Waals surface area contributed by atoms with Crippen LogP contribution in [0.3, 0.4) is 0 Å². The molecule has 8 nitrogen and oxygen atoms in total. The van der Waals surface area contributed by atoms with Gasteiger partial charge in [0.05, 0.1) is 0 Å². The van der Waals surface area contributed by atoms with Crippen molar-refractivity contribution in [2.45, 2.75) is 13.0 Å². The van der Waals surface area contributed by atoms with Gasteiger partial charge in [-0.15, -0.1) is 0 Å². The smallest absolute Gasteiger partial charge is 0.542 e. The summed E-state index contributed by atoms with van der Waals surface area (Å²) in [6, 6.07) is 12.5. The van der Waals surface area contributed by atoms with Crippen LogP contribution in [0.25, 0.3) is 11.0 Å². The third-order valence-electron chi connectivity index (χ3n) is 3.85. The van der Waals surface area contributed by atoms with Gasteiger partial charge in [0.25, 0.3) is 0 Å². The van der Waals surface area contributed by atoms with Crippen LogP contribution in [0.5, 0.6) is 11.5 Å². The van der Waals surface area contributed by atoms with Gasteiger partial charge in [0.15, 0.2) is 16.9 Å². The van der Waals surface area contributed by atoms with Crippen molar-refractivity contribution < 1.29 is 63.5 Å². The molecule has 0 spiro atoms. The number of fused-ring (bicyclic) bond motifs is 1. The van der Waals surface area contributed by atoms with E-state index in [0.717, 1.165) is 11.6 Å². The van der Waals surface area contributed by atoms with Gasteiger partial charge in [-0.2, -0.15) is 4.89 Å². The third kappa shape index (κ3) is 5.81. The molecule has 0 radical (unpaired) electrons. The average Bonchev–Trinajstić information content (AvgIpc) is 2.67. The predicted molar refractivity (Wildman–Crippen MR) is 96.1 cm³/mol. The molecule has 0 fully saturated rings. The second-order valence-electron chi connectivity index (χ2n) is 5.99. The number of aliphatic hydroxyl groups is 1. The van der Waals surface area contributed by atoms with Crippen molar-refractivity contribution in [3.63, 3.8) is 0 Å². The largest absolute Gasteiger partial charge is 1.00 e. The van der Waals surface area contributed by atoms with Gasteiger partial charge in [0.1, 0.15) is 42.0 Å². The Labute approximate surface area is 187 Å². The molecule has 1 atom stereocenters. The number of ether oxygens (including phenoxy) is 1. The number of benzene rings is 2. The van der Waals surface area contributed by atoms with Crippen LogP contribution < -0.4 is 49.7 Å². The molecule has 0 bridgehead atoms. The number of carboxylic acid groups (broad SMARTS) is 1. The summed E-state index contributed by atoms with van der Waals surface area (Å²) in [5.41, 5.74) is 0.328. The van der Waals surface area contributed by atoms with Gasteiger partial charge in [-0.25, -0.2) is 0 Å². The van der Waals surface area contributed by atoms with E-state index in [2.05, 4.69) is 0 Å². The van der Waals surface area contributed by atoms with Crippen LogP contribution in [0.2, 0.25) is 0 Å². The van der Waals surface area contributed by atoms with E-state index in [1.54, 1.807) is 12.1 Å². The summed E-state index contributed by atoms with van der Waals surface area (Å²) < 4.78 is 10.6. The fourth-order valence-electron chi connectivity index (χ4n) is 2.46. The summed E-state index contributed by atoms with van der Waals surface area (Å²) in [5, 5.41) is 21.0. The summed E-state index contributed by atoms with van der Waals surface area (Å²) in [6.45, 7) is 1.51. The zero-order chi connectivity index (χ0) is 20.1. The Kier molecular flexibility index (Phi) is 8.24. The number of para-hydroxylation sites is 1. The molecule has 2 aromatic carbocycles. The standard InChI is InChI=1S/C20H18O8.Na/c1-12-5-2-3-6-15(12)28-26-11-13(21)10-25-16-7-4-8-17-19(16)14(22)9-18(27-17)20(23)24;/h2-9,13,21H,10-11H2,1H3,(H,23,24);/q;+1/p-1. The molecule has 0 aliphatic rings. The third-order valence-corrected chi connectivity index (χ3v) is 3.85. The Morgan fingerprint density at radius 3 is 2.59 bits per heavy atom. The minimum Gasteiger partial charge on any atom is -0.542 e. The Balaban J connectivity index is 0.00000300. The van der Waals surface area contributed by atoms with Crippen molar-refractivity contribution in [1.82, 2.24) is 0 Å². The maximum absolute atomic E-state index is 12.2. The minimum absolute atomic E-state index is 0. The molecule has 3 rings (SSSR count). The van der Waals surface area contributed by atoms with Crippen LogP contribution in [0, 0.1) is 6.92 Å². The van der Waals surface area contributed by atoms with Gasteiger partial charge in [-0.05, 0) is 30.7 Å². The van der Waals surface area contributed by atoms with Crippen molar-refractivity contribution >= 4 is 16.9 Å². The molecule has 1 heterocycles. The van der Waals surface area contributed by atoms with E-state index in [4.69, 9.17) is 18.9 Å². The van der Waals surface area contributed by atoms with Crippen molar-refractivity contribution in [3.8, 4) is 11.5 Å². The minimum atomic E-state index is -1.59. The number of hydrogen-bond acceptors (Lipinski definition) is 8. The molecule has 0 amide bonds. The zero-order valence-electron chi connectivity index (χ0n) is 15.9. The van der Waals surface area contributed by atoms with Crippen LogP contribution in [0.1, 0.15) is 16.1 Å². The first-order chi connectivity index (χ1) is 13.5. The molecule has 0 saturated carbocycles. The number of rotatable bonds is 8. The fourth-order valence-corrected chi connectivity index (χ4v) is 2.46. The maximum Gasteiger partial charge on any atom is 1.00 e. The van der Waals surface area contributed by atoms with E-state index in [-0.39, 0.29) is 59.5 Å². The molecule has 1 N–H and O–H groups in total. The number of hydrogen-bond donors (Lipinski definition) is 1. The van der Waals surface area contributed by atoms with Crippen LogP contribution in [0.15, 0.2) is 57.7 Å². The van der Waals surface area contributed by atoms with Crippen LogP contribution in [-0.2, 0) is 4.89 Å². The summed E-state index contributed by atoms with van der Waals surface area (Å²) in [5.74, 6) is -1.48. The molecule has 146 valence electrons. The molecule has 1 aromatic heterocycles. The van der Waals surface area contributed by atoms with Gasteiger partial charge in [-0.3, -0.25) is 4.79 Å². The Morgan fingerprint density at radius 1 is 1.14 bits per heavy atom. The topological polar surface area (TPSA) is 118 Å². The van der Waals surface area contributed by atoms with Crippen molar-refractivity contribution in [2.24, 2.45) is 0 Å². The first kappa shape index (κ1) is 22.9. The Bertz CT molecular complexity index is 1050. The Hall–Kier alpha value is -2.36. The fraction of sp³-hybridized carbons (Fsp3) is 0.200. The molecular weight excluding hydrogens is 391 g/mol. The molecule has 3 aromatic rings. The van der Waals surface area contributed by atoms with Gasteiger partial charge in [0.2, 0.25) is 0 Å². The first-order valence-electron chi connectivity index (χ1n) is 8.40. The Morgan fingerprint density at radius 2 is 1.86 bits per heavy atom. The summed E-state index contributed by atoms with van der Waals surface area (Å²) in [7, 11) is 0. The summed E-state index contributed by atoms with van der Waals surface area (Å²) in [6.07, 6.45) is -1.03. The van der Waals surface area contributed by atoms with E-state index >= 15 is 0 Å². The van der Waals surface area contributed by atoms with Gasteiger partial charge >= 0.3 is 29.6 Å². The normalized spacial score (nSPS) is 11.5. The number of aryl methyl sites for hydroxylation is 1. The van der Waals surface area contributed by atoms with Crippen molar-refractivity contribution in [2.75, 3.05) is 13.2 Å². The molecule has 0 aliphatic heterocycles. The number of aromatic carboxylic acids is 1. The van der Waals surface area contributed by atoms with Crippen molar-refractivity contribution in [3.05, 3.63) is 70.1 Å². The molecule has 0 aliphatic carbocycles. The van der Waals surface area contributed by atoms with E-state index in [0.29, 0.717) is 5.75 Å². The number of carbonyl (C=O) groups is 1. The van der Waals surface area contributed by atoms with E-state index in [1.807, 2.05) is 19.1 Å². The second-order valence-corrected chi connectivity index (χ2v) is 5.99. The first-order valence-corrected chi connectivity index (χ1v) is 8.40. The number of carbonyl (C=O) groups excluding carboxylic acids is 1. The molecular formula is C20H17NaO8. The maximum atomic E-state index is 12.2. The summed E-state index contributed by atoms with van der Waals surface area (Å²) >= 11 is 0. The van der Waals surface area contributed by atoms with Gasteiger partial charge in [0, 0.05) is 6.07 Å². The summed E-state index contributed by atoms with van der Waals surface area (Å²) in [4.78, 5) is 33.2. The quantitative estimate of drug-likeness (QED) is 0.264. The van der Waals surface area contributed by atoms with E-state index in [9.17, 15) is 19.8 Å².